The summed E-state index contributed by atoms with van der Waals surface area (Å²) in [7, 11) is 0. The van der Waals surface area contributed by atoms with E-state index in [2.05, 4.69) is 36.5 Å². The zero-order valence-corrected chi connectivity index (χ0v) is 14.5. The number of rotatable bonds is 9. The van der Waals surface area contributed by atoms with Crippen molar-refractivity contribution in [2.45, 2.75) is 50.8 Å². The van der Waals surface area contributed by atoms with E-state index < -0.39 is 0 Å². The molecule has 0 aliphatic heterocycles. The normalized spacial score (nSPS) is 12.2. The smallest absolute Gasteiger partial charge is 0.235 e. The maximum absolute atomic E-state index is 12.3. The fourth-order valence-corrected chi connectivity index (χ4v) is 3.22. The van der Waals surface area contributed by atoms with E-state index >= 15 is 0 Å². The van der Waals surface area contributed by atoms with Gasteiger partial charge >= 0.3 is 0 Å². The summed E-state index contributed by atoms with van der Waals surface area (Å²) < 4.78 is 0. The molecule has 1 aromatic rings. The summed E-state index contributed by atoms with van der Waals surface area (Å²) >= 11 is 1.65. The molecule has 0 fully saturated rings. The third-order valence-corrected chi connectivity index (χ3v) is 4.47. The molecule has 1 amide bonds. The van der Waals surface area contributed by atoms with E-state index in [1.807, 2.05) is 25.7 Å². The average Bonchev–Trinajstić information content (AvgIpc) is 2.49. The minimum Gasteiger partial charge on any atom is -0.342 e. The van der Waals surface area contributed by atoms with Crippen molar-refractivity contribution in [1.82, 2.24) is 10.2 Å². The monoisotopic (exact) mass is 308 g/mol. The Morgan fingerprint density at radius 2 is 2.00 bits per heavy atom. The Morgan fingerprint density at radius 1 is 1.29 bits per heavy atom. The molecule has 3 nitrogen and oxygen atoms in total. The zero-order chi connectivity index (χ0) is 15.7. The Bertz CT molecular complexity index is 433. The van der Waals surface area contributed by atoms with E-state index in [0.29, 0.717) is 0 Å². The Morgan fingerprint density at radius 3 is 2.62 bits per heavy atom. The second-order valence-corrected chi connectivity index (χ2v) is 6.51. The van der Waals surface area contributed by atoms with Crippen molar-refractivity contribution in [3.05, 3.63) is 29.8 Å². The molecule has 1 atom stereocenters. The van der Waals surface area contributed by atoms with Gasteiger partial charge in [-0.25, -0.2) is 0 Å². The van der Waals surface area contributed by atoms with Crippen molar-refractivity contribution >= 4 is 17.7 Å². The maximum Gasteiger partial charge on any atom is 0.235 e. The molecule has 1 unspecified atom stereocenters. The minimum absolute atomic E-state index is 0.0382. The van der Waals surface area contributed by atoms with Crippen LogP contribution in [0.2, 0.25) is 0 Å². The molecule has 1 rings (SSSR count). The molecule has 0 bridgehead atoms. The first-order chi connectivity index (χ1) is 10.1. The molecular weight excluding hydrogens is 280 g/mol. The Hall–Kier alpha value is -1.00. The number of benzene rings is 1. The van der Waals surface area contributed by atoms with Gasteiger partial charge in [-0.2, -0.15) is 0 Å². The lowest BCUT2D eigenvalue weighted by atomic mass is 10.2. The second kappa shape index (κ2) is 9.85. The van der Waals surface area contributed by atoms with Crippen LogP contribution in [0.3, 0.4) is 0 Å². The van der Waals surface area contributed by atoms with E-state index in [9.17, 15) is 4.79 Å². The Labute approximate surface area is 133 Å². The largest absolute Gasteiger partial charge is 0.342 e. The lowest BCUT2D eigenvalue weighted by molar-refractivity contribution is -0.129. The van der Waals surface area contributed by atoms with Gasteiger partial charge in [-0.3, -0.25) is 4.79 Å². The first-order valence-corrected chi connectivity index (χ1v) is 8.75. The predicted octanol–water partition coefficient (Wildman–Crippen LogP) is 3.54. The zero-order valence-electron chi connectivity index (χ0n) is 13.7. The van der Waals surface area contributed by atoms with Gasteiger partial charge in [-0.15, -0.1) is 11.8 Å². The van der Waals surface area contributed by atoms with Crippen LogP contribution in [0.25, 0.3) is 0 Å². The van der Waals surface area contributed by atoms with Crippen LogP contribution in [0.5, 0.6) is 0 Å². The number of amides is 1. The van der Waals surface area contributed by atoms with Gasteiger partial charge in [0.1, 0.15) is 0 Å². The Balaban J connectivity index is 2.61. The molecule has 0 saturated heterocycles. The van der Waals surface area contributed by atoms with E-state index in [4.69, 9.17) is 0 Å². The van der Waals surface area contributed by atoms with Crippen LogP contribution in [0, 0.1) is 0 Å². The van der Waals surface area contributed by atoms with Gasteiger partial charge in [0.2, 0.25) is 5.91 Å². The topological polar surface area (TPSA) is 32.3 Å². The highest BCUT2D eigenvalue weighted by atomic mass is 32.2. The number of hydrogen-bond acceptors (Lipinski definition) is 3. The molecule has 118 valence electrons. The Kier molecular flexibility index (Phi) is 8.47. The number of carbonyl (C=O) groups excluding carboxylic acids is 1. The number of nitrogens with zero attached hydrogens (tertiary/aromatic N) is 1. The van der Waals surface area contributed by atoms with Gasteiger partial charge in [0.25, 0.3) is 0 Å². The highest BCUT2D eigenvalue weighted by molar-refractivity contribution is 8.00. The molecule has 0 aromatic heterocycles. The first kappa shape index (κ1) is 18.1. The van der Waals surface area contributed by atoms with E-state index in [1.165, 1.54) is 10.5 Å². The average molecular weight is 308 g/mol. The molecule has 0 heterocycles. The highest BCUT2D eigenvalue weighted by Crippen LogP contribution is 2.25. The fourth-order valence-electron chi connectivity index (χ4n) is 2.19. The lowest BCUT2D eigenvalue weighted by Gasteiger charge is -2.22. The van der Waals surface area contributed by atoms with Crippen molar-refractivity contribution in [2.75, 3.05) is 19.6 Å². The van der Waals surface area contributed by atoms with Gasteiger partial charge < -0.3 is 10.2 Å². The quantitative estimate of drug-likeness (QED) is 0.559. The third-order valence-electron chi connectivity index (χ3n) is 3.39. The molecule has 0 spiro atoms. The number of carbonyl (C=O) groups is 1. The summed E-state index contributed by atoms with van der Waals surface area (Å²) in [6.45, 7) is 11.7. The van der Waals surface area contributed by atoms with Gasteiger partial charge in [-0.05, 0) is 51.4 Å². The van der Waals surface area contributed by atoms with Crippen molar-refractivity contribution in [2.24, 2.45) is 0 Å². The molecule has 0 aliphatic carbocycles. The second-order valence-electron chi connectivity index (χ2n) is 5.09. The van der Waals surface area contributed by atoms with Crippen molar-refractivity contribution < 1.29 is 4.79 Å². The third kappa shape index (κ3) is 6.10. The fraction of sp³-hybridized carbons (Fsp3) is 0.588. The molecule has 0 aliphatic rings. The molecule has 21 heavy (non-hydrogen) atoms. The number of thioether (sulfide) groups is 1. The van der Waals surface area contributed by atoms with Gasteiger partial charge in [0.15, 0.2) is 0 Å². The van der Waals surface area contributed by atoms with E-state index in [1.54, 1.807) is 11.8 Å². The summed E-state index contributed by atoms with van der Waals surface area (Å²) in [4.78, 5) is 15.4. The van der Waals surface area contributed by atoms with E-state index in [0.717, 1.165) is 32.6 Å². The maximum atomic E-state index is 12.3. The molecular formula is C17H28N2OS. The van der Waals surface area contributed by atoms with Crippen molar-refractivity contribution in [1.29, 1.82) is 0 Å². The van der Waals surface area contributed by atoms with Crippen LogP contribution in [-0.4, -0.2) is 35.7 Å². The van der Waals surface area contributed by atoms with Gasteiger partial charge in [0.05, 0.1) is 5.25 Å². The van der Waals surface area contributed by atoms with E-state index in [-0.39, 0.29) is 11.2 Å². The summed E-state index contributed by atoms with van der Waals surface area (Å²) in [5.74, 6) is 0.222. The van der Waals surface area contributed by atoms with Crippen LogP contribution < -0.4 is 5.32 Å². The van der Waals surface area contributed by atoms with Crippen LogP contribution in [0.15, 0.2) is 29.2 Å². The first-order valence-electron chi connectivity index (χ1n) is 7.87. The van der Waals surface area contributed by atoms with Crippen LogP contribution in [0.1, 0.15) is 39.7 Å². The number of hydrogen-bond donors (Lipinski definition) is 1. The predicted molar refractivity (Wildman–Crippen MR) is 91.7 cm³/mol. The molecule has 1 N–H and O–H groups in total. The molecule has 4 heteroatoms. The molecule has 0 saturated carbocycles. The summed E-state index contributed by atoms with van der Waals surface area (Å²) in [6, 6.07) is 8.46. The summed E-state index contributed by atoms with van der Waals surface area (Å²) in [5.41, 5.74) is 1.27. The number of nitrogens with one attached hydrogen (secondary N) is 1. The molecule has 1 aromatic carbocycles. The van der Waals surface area contributed by atoms with Crippen LogP contribution in [-0.2, 0) is 11.3 Å². The SMILES string of the molecule is CCCNCc1cccc(SC(C)C(=O)N(CC)CC)c1. The van der Waals surface area contributed by atoms with Gasteiger partial charge in [0, 0.05) is 24.5 Å². The molecule has 0 radical (unpaired) electrons. The standard InChI is InChI=1S/C17H28N2OS/c1-5-11-18-13-15-9-8-10-16(12-15)21-14(4)17(20)19(6-2)7-3/h8-10,12,14,18H,5-7,11,13H2,1-4H3. The summed E-state index contributed by atoms with van der Waals surface area (Å²) in [6.07, 6.45) is 1.14. The lowest BCUT2D eigenvalue weighted by Crippen LogP contribution is -2.36. The van der Waals surface area contributed by atoms with Crippen molar-refractivity contribution in [3.63, 3.8) is 0 Å². The van der Waals surface area contributed by atoms with Crippen LogP contribution in [0.4, 0.5) is 0 Å². The minimum atomic E-state index is -0.0382. The highest BCUT2D eigenvalue weighted by Gasteiger charge is 2.19. The van der Waals surface area contributed by atoms with Crippen molar-refractivity contribution in [3.8, 4) is 0 Å². The summed E-state index contributed by atoms with van der Waals surface area (Å²) in [5, 5.41) is 3.37. The van der Waals surface area contributed by atoms with Gasteiger partial charge in [-0.1, -0.05) is 19.1 Å². The van der Waals surface area contributed by atoms with Crippen LogP contribution >= 0.6 is 11.8 Å².